The highest BCUT2D eigenvalue weighted by Crippen LogP contribution is 2.60. The second-order valence-electron chi connectivity index (χ2n) is 4.66. The number of hydrogen-bond donors (Lipinski definition) is 1. The third kappa shape index (κ3) is 1.30. The lowest BCUT2D eigenvalue weighted by Crippen LogP contribution is -2.26. The van der Waals surface area contributed by atoms with Gasteiger partial charge in [-0.25, -0.2) is 4.39 Å². The van der Waals surface area contributed by atoms with Crippen molar-refractivity contribution in [2.45, 2.75) is 25.8 Å². The number of rotatable bonds is 1. The predicted octanol–water partition coefficient (Wildman–Crippen LogP) is 3.17. The van der Waals surface area contributed by atoms with Gasteiger partial charge in [-0.3, -0.25) is 0 Å². The first-order valence-electron chi connectivity index (χ1n) is 4.61. The molecule has 0 amide bonds. The van der Waals surface area contributed by atoms with Crippen LogP contribution in [0.1, 0.15) is 25.8 Å². The standard InChI is InChI=1S/C11H13BrFN/c1-10(2)6-11(10,14)8-5-7(12)3-4-9(8)13/h3-5H,6,14H2,1-2H3. The summed E-state index contributed by atoms with van der Waals surface area (Å²) in [4.78, 5) is 0. The summed E-state index contributed by atoms with van der Waals surface area (Å²) in [5.74, 6) is -0.207. The Hall–Kier alpha value is -0.410. The fourth-order valence-corrected chi connectivity index (χ4v) is 2.31. The van der Waals surface area contributed by atoms with E-state index in [0.29, 0.717) is 5.56 Å². The summed E-state index contributed by atoms with van der Waals surface area (Å²) in [6, 6.07) is 4.93. The molecule has 1 unspecified atom stereocenters. The van der Waals surface area contributed by atoms with Crippen molar-refractivity contribution in [1.82, 2.24) is 0 Å². The van der Waals surface area contributed by atoms with Crippen molar-refractivity contribution in [2.75, 3.05) is 0 Å². The Balaban J connectivity index is 2.48. The number of hydrogen-bond acceptors (Lipinski definition) is 1. The molecular formula is C11H13BrFN. The van der Waals surface area contributed by atoms with E-state index in [9.17, 15) is 4.39 Å². The molecule has 2 N–H and O–H groups in total. The predicted molar refractivity (Wildman–Crippen MR) is 58.4 cm³/mol. The first kappa shape index (κ1) is 10.1. The molecule has 76 valence electrons. The molecule has 1 aliphatic carbocycles. The van der Waals surface area contributed by atoms with Gasteiger partial charge in [0.2, 0.25) is 0 Å². The Morgan fingerprint density at radius 2 is 2.00 bits per heavy atom. The molecule has 0 saturated heterocycles. The molecule has 1 aromatic carbocycles. The summed E-state index contributed by atoms with van der Waals surface area (Å²) < 4.78 is 14.4. The van der Waals surface area contributed by atoms with Gasteiger partial charge in [0.25, 0.3) is 0 Å². The largest absolute Gasteiger partial charge is 0.321 e. The maximum absolute atomic E-state index is 13.5. The van der Waals surface area contributed by atoms with Gasteiger partial charge in [-0.05, 0) is 30.0 Å². The van der Waals surface area contributed by atoms with Crippen LogP contribution in [-0.4, -0.2) is 0 Å². The normalized spacial score (nSPS) is 28.9. The zero-order valence-electron chi connectivity index (χ0n) is 8.27. The van der Waals surface area contributed by atoms with Crippen molar-refractivity contribution >= 4 is 15.9 Å². The van der Waals surface area contributed by atoms with Crippen molar-refractivity contribution in [3.8, 4) is 0 Å². The van der Waals surface area contributed by atoms with Crippen LogP contribution >= 0.6 is 15.9 Å². The second-order valence-corrected chi connectivity index (χ2v) is 5.57. The first-order chi connectivity index (χ1) is 6.37. The number of benzene rings is 1. The second kappa shape index (κ2) is 2.80. The van der Waals surface area contributed by atoms with Gasteiger partial charge in [0.1, 0.15) is 5.82 Å². The van der Waals surface area contributed by atoms with Gasteiger partial charge >= 0.3 is 0 Å². The maximum atomic E-state index is 13.5. The fraction of sp³-hybridized carbons (Fsp3) is 0.455. The Bertz CT molecular complexity index is 389. The van der Waals surface area contributed by atoms with Crippen LogP contribution in [0.15, 0.2) is 22.7 Å². The molecule has 3 heteroatoms. The highest BCUT2D eigenvalue weighted by atomic mass is 79.9. The molecule has 0 spiro atoms. The molecule has 1 nitrogen and oxygen atoms in total. The van der Waals surface area contributed by atoms with Crippen LogP contribution in [0.2, 0.25) is 0 Å². The van der Waals surface area contributed by atoms with Crippen LogP contribution < -0.4 is 5.73 Å². The zero-order valence-corrected chi connectivity index (χ0v) is 9.86. The van der Waals surface area contributed by atoms with E-state index in [-0.39, 0.29) is 11.2 Å². The minimum absolute atomic E-state index is 0.00856. The molecule has 0 aromatic heterocycles. The van der Waals surface area contributed by atoms with Crippen LogP contribution in [0.4, 0.5) is 4.39 Å². The van der Waals surface area contributed by atoms with Gasteiger partial charge in [0.05, 0.1) is 0 Å². The van der Waals surface area contributed by atoms with E-state index >= 15 is 0 Å². The minimum Gasteiger partial charge on any atom is -0.321 e. The molecule has 0 bridgehead atoms. The molecule has 1 saturated carbocycles. The van der Waals surface area contributed by atoms with E-state index < -0.39 is 5.54 Å². The first-order valence-corrected chi connectivity index (χ1v) is 5.40. The van der Waals surface area contributed by atoms with E-state index in [1.54, 1.807) is 12.1 Å². The van der Waals surface area contributed by atoms with E-state index in [4.69, 9.17) is 5.73 Å². The lowest BCUT2D eigenvalue weighted by molar-refractivity contribution is 0.483. The van der Waals surface area contributed by atoms with Gasteiger partial charge < -0.3 is 5.73 Å². The summed E-state index contributed by atoms with van der Waals surface area (Å²) in [5, 5.41) is 0. The third-order valence-corrected chi connectivity index (χ3v) is 3.71. The zero-order chi connectivity index (χ0) is 10.6. The highest BCUT2D eigenvalue weighted by molar-refractivity contribution is 9.10. The van der Waals surface area contributed by atoms with Crippen LogP contribution in [0, 0.1) is 11.2 Å². The third-order valence-electron chi connectivity index (χ3n) is 3.21. The Labute approximate surface area is 91.6 Å². The Morgan fingerprint density at radius 3 is 2.50 bits per heavy atom. The fourth-order valence-electron chi connectivity index (χ4n) is 1.95. The van der Waals surface area contributed by atoms with E-state index in [0.717, 1.165) is 10.9 Å². The number of nitrogens with two attached hydrogens (primary N) is 1. The molecular weight excluding hydrogens is 245 g/mol. The molecule has 14 heavy (non-hydrogen) atoms. The molecule has 0 heterocycles. The molecule has 1 aliphatic rings. The summed E-state index contributed by atoms with van der Waals surface area (Å²) in [5.41, 5.74) is 6.30. The topological polar surface area (TPSA) is 26.0 Å². The van der Waals surface area contributed by atoms with Gasteiger partial charge in [-0.1, -0.05) is 29.8 Å². The summed E-state index contributed by atoms with van der Waals surface area (Å²) in [6.07, 6.45) is 0.841. The smallest absolute Gasteiger partial charge is 0.128 e. The van der Waals surface area contributed by atoms with Gasteiger partial charge in [-0.15, -0.1) is 0 Å². The van der Waals surface area contributed by atoms with Crippen LogP contribution in [0.5, 0.6) is 0 Å². The van der Waals surface area contributed by atoms with E-state index in [1.807, 2.05) is 0 Å². The minimum atomic E-state index is -0.485. The Morgan fingerprint density at radius 1 is 1.43 bits per heavy atom. The van der Waals surface area contributed by atoms with Crippen LogP contribution in [0.25, 0.3) is 0 Å². The van der Waals surface area contributed by atoms with Crippen molar-refractivity contribution in [2.24, 2.45) is 11.1 Å². The molecule has 0 radical (unpaired) electrons. The molecule has 1 aromatic rings. The van der Waals surface area contributed by atoms with Gasteiger partial charge in [0, 0.05) is 15.6 Å². The average Bonchev–Trinajstić information content (AvgIpc) is 2.58. The van der Waals surface area contributed by atoms with E-state index in [2.05, 4.69) is 29.8 Å². The number of halogens is 2. The monoisotopic (exact) mass is 257 g/mol. The van der Waals surface area contributed by atoms with Crippen molar-refractivity contribution in [3.63, 3.8) is 0 Å². The molecule has 0 aliphatic heterocycles. The highest BCUT2D eigenvalue weighted by Gasteiger charge is 2.60. The lowest BCUT2D eigenvalue weighted by Gasteiger charge is -2.16. The van der Waals surface area contributed by atoms with Gasteiger partial charge in [0.15, 0.2) is 0 Å². The summed E-state index contributed by atoms with van der Waals surface area (Å²) in [6.45, 7) is 4.13. The molecule has 1 atom stereocenters. The van der Waals surface area contributed by atoms with Crippen molar-refractivity contribution in [3.05, 3.63) is 34.1 Å². The molecule has 1 fully saturated rings. The van der Waals surface area contributed by atoms with E-state index in [1.165, 1.54) is 6.07 Å². The van der Waals surface area contributed by atoms with Gasteiger partial charge in [-0.2, -0.15) is 0 Å². The van der Waals surface area contributed by atoms with Crippen LogP contribution in [0.3, 0.4) is 0 Å². The summed E-state index contributed by atoms with van der Waals surface area (Å²) in [7, 11) is 0. The lowest BCUT2D eigenvalue weighted by atomic mass is 9.97. The van der Waals surface area contributed by atoms with Crippen LogP contribution in [-0.2, 0) is 5.54 Å². The van der Waals surface area contributed by atoms with Crippen molar-refractivity contribution < 1.29 is 4.39 Å². The van der Waals surface area contributed by atoms with Crippen molar-refractivity contribution in [1.29, 1.82) is 0 Å². The molecule has 2 rings (SSSR count). The quantitative estimate of drug-likeness (QED) is 0.822. The average molecular weight is 258 g/mol. The maximum Gasteiger partial charge on any atom is 0.128 e. The Kier molecular flexibility index (Phi) is 2.02. The SMILES string of the molecule is CC1(C)CC1(N)c1cc(Br)ccc1F. The summed E-state index contributed by atoms with van der Waals surface area (Å²) >= 11 is 3.33.